The van der Waals surface area contributed by atoms with E-state index in [2.05, 4.69) is 22.9 Å². The van der Waals surface area contributed by atoms with Crippen molar-refractivity contribution in [2.45, 2.75) is 57.8 Å². The van der Waals surface area contributed by atoms with Crippen molar-refractivity contribution in [1.29, 1.82) is 0 Å². The number of ether oxygens (including phenoxy) is 2. The Morgan fingerprint density at radius 2 is 2.29 bits per heavy atom. The predicted molar refractivity (Wildman–Crippen MR) is 61.8 cm³/mol. The molecule has 0 amide bonds. The number of rotatable bonds is 6. The molecule has 1 rings (SSSR count). The second-order valence-electron chi connectivity index (χ2n) is 3.82. The molecule has 2 atom stereocenters. The average Bonchev–Trinajstić information content (AvgIpc) is 2.20. The topological polar surface area (TPSA) is 18.5 Å². The van der Waals surface area contributed by atoms with Crippen LogP contribution in [-0.4, -0.2) is 24.3 Å². The predicted octanol–water partition coefficient (Wildman–Crippen LogP) is 3.48. The van der Waals surface area contributed by atoms with Crippen LogP contribution in [0, 0.1) is 0 Å². The van der Waals surface area contributed by atoms with Crippen LogP contribution < -0.4 is 0 Å². The van der Waals surface area contributed by atoms with Crippen molar-refractivity contribution in [3.8, 4) is 0 Å². The molecule has 0 saturated carbocycles. The van der Waals surface area contributed by atoms with E-state index >= 15 is 0 Å². The van der Waals surface area contributed by atoms with E-state index in [1.54, 1.807) is 0 Å². The Hall–Kier alpha value is 0.400. The van der Waals surface area contributed by atoms with Crippen LogP contribution >= 0.6 is 15.9 Å². The SMILES string of the molecule is CCC[C@@H](CCBr)OC1CCCCO1. The molecule has 0 N–H and O–H groups in total. The van der Waals surface area contributed by atoms with Gasteiger partial charge in [-0.3, -0.25) is 0 Å². The molecule has 0 aromatic carbocycles. The molecule has 14 heavy (non-hydrogen) atoms. The highest BCUT2D eigenvalue weighted by molar-refractivity contribution is 9.09. The zero-order chi connectivity index (χ0) is 10.2. The minimum absolute atomic E-state index is 0.0688. The van der Waals surface area contributed by atoms with Crippen LogP contribution in [0.5, 0.6) is 0 Å². The highest BCUT2D eigenvalue weighted by Crippen LogP contribution is 2.19. The van der Waals surface area contributed by atoms with Crippen molar-refractivity contribution in [3.63, 3.8) is 0 Å². The van der Waals surface area contributed by atoms with Crippen molar-refractivity contribution >= 4 is 15.9 Å². The number of hydrogen-bond donors (Lipinski definition) is 0. The van der Waals surface area contributed by atoms with Crippen LogP contribution in [0.1, 0.15) is 45.4 Å². The highest BCUT2D eigenvalue weighted by Gasteiger charge is 2.18. The minimum Gasteiger partial charge on any atom is -0.353 e. The Morgan fingerprint density at radius 3 is 2.86 bits per heavy atom. The molecule has 1 aliphatic rings. The second kappa shape index (κ2) is 7.66. The van der Waals surface area contributed by atoms with Crippen LogP contribution in [0.2, 0.25) is 0 Å². The minimum atomic E-state index is 0.0688. The van der Waals surface area contributed by atoms with E-state index in [0.29, 0.717) is 6.10 Å². The lowest BCUT2D eigenvalue weighted by Crippen LogP contribution is -2.28. The van der Waals surface area contributed by atoms with Gasteiger partial charge in [0, 0.05) is 11.9 Å². The third-order valence-corrected chi connectivity index (χ3v) is 2.98. The van der Waals surface area contributed by atoms with E-state index in [0.717, 1.165) is 31.2 Å². The van der Waals surface area contributed by atoms with Crippen molar-refractivity contribution in [1.82, 2.24) is 0 Å². The van der Waals surface area contributed by atoms with Gasteiger partial charge in [-0.1, -0.05) is 29.3 Å². The lowest BCUT2D eigenvalue weighted by Gasteiger charge is -2.27. The second-order valence-corrected chi connectivity index (χ2v) is 4.61. The summed E-state index contributed by atoms with van der Waals surface area (Å²) in [7, 11) is 0. The van der Waals surface area contributed by atoms with Gasteiger partial charge in [-0.15, -0.1) is 0 Å². The summed E-state index contributed by atoms with van der Waals surface area (Å²) in [6.07, 6.45) is 7.38. The van der Waals surface area contributed by atoms with E-state index in [1.165, 1.54) is 19.3 Å². The van der Waals surface area contributed by atoms with E-state index in [1.807, 2.05) is 0 Å². The zero-order valence-electron chi connectivity index (χ0n) is 9.01. The summed E-state index contributed by atoms with van der Waals surface area (Å²) in [5, 5.41) is 1.02. The standard InChI is InChI=1S/C11H21BrO2/c1-2-5-10(7-8-12)14-11-6-3-4-9-13-11/h10-11H,2-9H2,1H3/t10-,11?/m0/s1. The van der Waals surface area contributed by atoms with Gasteiger partial charge in [-0.05, 0) is 32.1 Å². The van der Waals surface area contributed by atoms with Gasteiger partial charge in [-0.2, -0.15) is 0 Å². The zero-order valence-corrected chi connectivity index (χ0v) is 10.6. The van der Waals surface area contributed by atoms with E-state index in [-0.39, 0.29) is 6.29 Å². The van der Waals surface area contributed by atoms with Gasteiger partial charge in [0.05, 0.1) is 6.10 Å². The maximum Gasteiger partial charge on any atom is 0.157 e. The molecule has 2 nitrogen and oxygen atoms in total. The fourth-order valence-electron chi connectivity index (χ4n) is 1.76. The van der Waals surface area contributed by atoms with Crippen molar-refractivity contribution in [3.05, 3.63) is 0 Å². The first kappa shape index (κ1) is 12.5. The summed E-state index contributed by atoms with van der Waals surface area (Å²) in [6.45, 7) is 3.07. The maximum absolute atomic E-state index is 5.92. The molecule has 3 heteroatoms. The summed E-state index contributed by atoms with van der Waals surface area (Å²) in [5.74, 6) is 0. The third kappa shape index (κ3) is 4.76. The Morgan fingerprint density at radius 1 is 1.43 bits per heavy atom. The lowest BCUT2D eigenvalue weighted by molar-refractivity contribution is -0.189. The molecule has 1 saturated heterocycles. The smallest absolute Gasteiger partial charge is 0.157 e. The molecule has 0 aromatic rings. The monoisotopic (exact) mass is 264 g/mol. The number of halogens is 1. The summed E-state index contributed by atoms with van der Waals surface area (Å²) in [4.78, 5) is 0. The lowest BCUT2D eigenvalue weighted by atomic mass is 10.1. The van der Waals surface area contributed by atoms with E-state index in [9.17, 15) is 0 Å². The molecule has 1 heterocycles. The van der Waals surface area contributed by atoms with Gasteiger partial charge in [0.2, 0.25) is 0 Å². The Labute approximate surface area is 95.5 Å². The first-order valence-corrected chi connectivity index (χ1v) is 6.82. The first-order chi connectivity index (χ1) is 6.86. The van der Waals surface area contributed by atoms with Crippen LogP contribution in [0.4, 0.5) is 0 Å². The third-order valence-electron chi connectivity index (χ3n) is 2.52. The van der Waals surface area contributed by atoms with Crippen molar-refractivity contribution in [2.24, 2.45) is 0 Å². The van der Waals surface area contributed by atoms with Gasteiger partial charge in [-0.25, -0.2) is 0 Å². The molecule has 0 radical (unpaired) electrons. The maximum atomic E-state index is 5.92. The van der Waals surface area contributed by atoms with Crippen molar-refractivity contribution < 1.29 is 9.47 Å². The van der Waals surface area contributed by atoms with E-state index in [4.69, 9.17) is 9.47 Å². The summed E-state index contributed by atoms with van der Waals surface area (Å²) in [6, 6.07) is 0. The highest BCUT2D eigenvalue weighted by atomic mass is 79.9. The van der Waals surface area contributed by atoms with Gasteiger partial charge < -0.3 is 9.47 Å². The van der Waals surface area contributed by atoms with Crippen molar-refractivity contribution in [2.75, 3.05) is 11.9 Å². The van der Waals surface area contributed by atoms with Gasteiger partial charge in [0.15, 0.2) is 6.29 Å². The Balaban J connectivity index is 2.21. The molecule has 1 unspecified atom stereocenters. The van der Waals surface area contributed by atoms with Gasteiger partial charge in [0.25, 0.3) is 0 Å². The van der Waals surface area contributed by atoms with Crippen LogP contribution in [0.25, 0.3) is 0 Å². The van der Waals surface area contributed by atoms with Gasteiger partial charge >= 0.3 is 0 Å². The fourth-order valence-corrected chi connectivity index (χ4v) is 2.27. The first-order valence-electron chi connectivity index (χ1n) is 5.69. The Kier molecular flexibility index (Phi) is 6.82. The number of hydrogen-bond acceptors (Lipinski definition) is 2. The molecule has 1 aliphatic heterocycles. The summed E-state index contributed by atoms with van der Waals surface area (Å²) >= 11 is 3.46. The number of alkyl halides is 1. The Bertz CT molecular complexity index is 129. The molecule has 0 spiro atoms. The quantitative estimate of drug-likeness (QED) is 0.684. The van der Waals surface area contributed by atoms with Crippen LogP contribution in [0.15, 0.2) is 0 Å². The van der Waals surface area contributed by atoms with Crippen LogP contribution in [0.3, 0.4) is 0 Å². The molecule has 0 aliphatic carbocycles. The molecule has 0 aromatic heterocycles. The molecule has 84 valence electrons. The normalized spacial score (nSPS) is 24.9. The molecule has 0 bridgehead atoms. The van der Waals surface area contributed by atoms with Crippen LogP contribution in [-0.2, 0) is 9.47 Å². The average molecular weight is 265 g/mol. The van der Waals surface area contributed by atoms with Gasteiger partial charge in [0.1, 0.15) is 0 Å². The summed E-state index contributed by atoms with van der Waals surface area (Å²) < 4.78 is 11.5. The summed E-state index contributed by atoms with van der Waals surface area (Å²) in [5.41, 5.74) is 0. The molecule has 1 fully saturated rings. The fraction of sp³-hybridized carbons (Fsp3) is 1.00. The molecular weight excluding hydrogens is 244 g/mol. The van der Waals surface area contributed by atoms with E-state index < -0.39 is 0 Å². The largest absolute Gasteiger partial charge is 0.353 e. The molecular formula is C11H21BrO2.